The summed E-state index contributed by atoms with van der Waals surface area (Å²) in [6.07, 6.45) is 0.919. The average molecular weight is 268 g/mol. The fraction of sp³-hybridized carbons (Fsp3) is 0.333. The zero-order valence-corrected chi connectivity index (χ0v) is 10.5. The number of likely N-dealkylation sites (N-methyl/N-ethyl adjacent to an activating group) is 1. The van der Waals surface area contributed by atoms with Gasteiger partial charge >= 0.3 is 0 Å². The second kappa shape index (κ2) is 4.37. The summed E-state index contributed by atoms with van der Waals surface area (Å²) in [5.41, 5.74) is 0.947. The molecule has 80 valence electrons. The smallest absolute Gasteiger partial charge is 0.135 e. The van der Waals surface area contributed by atoms with Crippen molar-refractivity contribution in [3.63, 3.8) is 0 Å². The minimum Gasteiger partial charge on any atom is -0.461 e. The first-order chi connectivity index (χ1) is 7.19. The molecule has 0 aliphatic heterocycles. The summed E-state index contributed by atoms with van der Waals surface area (Å²) in [5.74, 6) is 1.03. The van der Waals surface area contributed by atoms with E-state index >= 15 is 0 Å². The van der Waals surface area contributed by atoms with Gasteiger partial charge in [0.1, 0.15) is 11.3 Å². The van der Waals surface area contributed by atoms with Crippen molar-refractivity contribution >= 4 is 26.9 Å². The molecule has 0 saturated heterocycles. The topological polar surface area (TPSA) is 25.2 Å². The van der Waals surface area contributed by atoms with E-state index in [9.17, 15) is 0 Å². The number of halogens is 1. The van der Waals surface area contributed by atoms with Gasteiger partial charge in [0.05, 0.1) is 0 Å². The van der Waals surface area contributed by atoms with Crippen LogP contribution in [0.1, 0.15) is 12.7 Å². The van der Waals surface area contributed by atoms with Crippen molar-refractivity contribution in [3.05, 3.63) is 34.5 Å². The Balaban J connectivity index is 2.30. The fourth-order valence-electron chi connectivity index (χ4n) is 1.56. The first-order valence-corrected chi connectivity index (χ1v) is 5.83. The van der Waals surface area contributed by atoms with E-state index in [1.165, 1.54) is 0 Å². The molecule has 0 amide bonds. The third kappa shape index (κ3) is 2.41. The molecule has 15 heavy (non-hydrogen) atoms. The molecular formula is C12H14BrNO. The molecule has 2 nitrogen and oxygen atoms in total. The Morgan fingerprint density at radius 2 is 2.20 bits per heavy atom. The number of rotatable bonds is 3. The number of furan rings is 1. The van der Waals surface area contributed by atoms with Crippen LogP contribution in [0.4, 0.5) is 0 Å². The predicted molar refractivity (Wildman–Crippen MR) is 66.1 cm³/mol. The van der Waals surface area contributed by atoms with Crippen LogP contribution in [0.3, 0.4) is 0 Å². The van der Waals surface area contributed by atoms with Crippen molar-refractivity contribution in [2.45, 2.75) is 19.4 Å². The Morgan fingerprint density at radius 3 is 2.93 bits per heavy atom. The Morgan fingerprint density at radius 1 is 1.40 bits per heavy atom. The summed E-state index contributed by atoms with van der Waals surface area (Å²) >= 11 is 3.43. The Bertz CT molecular complexity index is 464. The maximum Gasteiger partial charge on any atom is 0.135 e. The van der Waals surface area contributed by atoms with Crippen molar-refractivity contribution in [1.29, 1.82) is 0 Å². The molecule has 1 aromatic heterocycles. The molecular weight excluding hydrogens is 254 g/mol. The summed E-state index contributed by atoms with van der Waals surface area (Å²) in [4.78, 5) is 0. The van der Waals surface area contributed by atoms with Crippen molar-refractivity contribution in [3.8, 4) is 0 Å². The molecule has 0 fully saturated rings. The molecule has 1 N–H and O–H groups in total. The molecule has 2 aromatic rings. The quantitative estimate of drug-likeness (QED) is 0.923. The van der Waals surface area contributed by atoms with Crippen molar-refractivity contribution < 1.29 is 4.42 Å². The van der Waals surface area contributed by atoms with Crippen LogP contribution in [0.15, 0.2) is 33.2 Å². The van der Waals surface area contributed by atoms with Gasteiger partial charge in [-0.1, -0.05) is 15.9 Å². The largest absolute Gasteiger partial charge is 0.461 e. The highest BCUT2D eigenvalue weighted by atomic mass is 79.9. The van der Waals surface area contributed by atoms with Gasteiger partial charge in [-0.25, -0.2) is 0 Å². The van der Waals surface area contributed by atoms with E-state index < -0.39 is 0 Å². The molecule has 1 atom stereocenters. The molecule has 3 heteroatoms. The van der Waals surface area contributed by atoms with Gasteiger partial charge in [0.15, 0.2) is 0 Å². The van der Waals surface area contributed by atoms with Crippen LogP contribution in [0, 0.1) is 0 Å². The van der Waals surface area contributed by atoms with Crippen LogP contribution in [0.25, 0.3) is 11.0 Å². The minimum atomic E-state index is 0.439. The van der Waals surface area contributed by atoms with Gasteiger partial charge in [0.2, 0.25) is 0 Å². The monoisotopic (exact) mass is 267 g/mol. The highest BCUT2D eigenvalue weighted by molar-refractivity contribution is 9.10. The molecule has 2 rings (SSSR count). The number of hydrogen-bond acceptors (Lipinski definition) is 2. The SMILES string of the molecule is CNC(C)Cc1cc2ccc(Br)cc2o1. The van der Waals surface area contributed by atoms with E-state index in [0.29, 0.717) is 6.04 Å². The third-order valence-electron chi connectivity index (χ3n) is 2.53. The first kappa shape index (κ1) is 10.7. The fourth-order valence-corrected chi connectivity index (χ4v) is 1.90. The first-order valence-electron chi connectivity index (χ1n) is 5.04. The van der Waals surface area contributed by atoms with Crippen molar-refractivity contribution in [2.75, 3.05) is 7.05 Å². The Kier molecular flexibility index (Phi) is 3.12. The lowest BCUT2D eigenvalue weighted by Gasteiger charge is -2.06. The summed E-state index contributed by atoms with van der Waals surface area (Å²) < 4.78 is 6.80. The highest BCUT2D eigenvalue weighted by Crippen LogP contribution is 2.23. The molecule has 1 unspecified atom stereocenters. The molecule has 0 bridgehead atoms. The minimum absolute atomic E-state index is 0.439. The van der Waals surface area contributed by atoms with Crippen LogP contribution in [0.5, 0.6) is 0 Å². The lowest BCUT2D eigenvalue weighted by Crippen LogP contribution is -2.23. The van der Waals surface area contributed by atoms with E-state index in [0.717, 1.165) is 27.6 Å². The van der Waals surface area contributed by atoms with Crippen LogP contribution < -0.4 is 5.32 Å². The van der Waals surface area contributed by atoms with E-state index in [4.69, 9.17) is 4.42 Å². The van der Waals surface area contributed by atoms with Crippen molar-refractivity contribution in [2.24, 2.45) is 0 Å². The molecule has 0 radical (unpaired) electrons. The lowest BCUT2D eigenvalue weighted by atomic mass is 10.2. The van der Waals surface area contributed by atoms with Gasteiger partial charge in [0, 0.05) is 22.3 Å². The van der Waals surface area contributed by atoms with E-state index in [1.54, 1.807) is 0 Å². The highest BCUT2D eigenvalue weighted by Gasteiger charge is 2.07. The zero-order valence-electron chi connectivity index (χ0n) is 8.88. The lowest BCUT2D eigenvalue weighted by molar-refractivity contribution is 0.497. The van der Waals surface area contributed by atoms with E-state index in [2.05, 4.69) is 40.3 Å². The van der Waals surface area contributed by atoms with Crippen LogP contribution in [0.2, 0.25) is 0 Å². The number of nitrogens with one attached hydrogen (secondary N) is 1. The van der Waals surface area contributed by atoms with Crippen LogP contribution in [-0.2, 0) is 6.42 Å². The average Bonchev–Trinajstić information content (AvgIpc) is 2.59. The molecule has 0 aliphatic rings. The van der Waals surface area contributed by atoms with Crippen LogP contribution in [-0.4, -0.2) is 13.1 Å². The van der Waals surface area contributed by atoms with Gasteiger partial charge in [-0.15, -0.1) is 0 Å². The third-order valence-corrected chi connectivity index (χ3v) is 3.03. The normalized spacial score (nSPS) is 13.3. The zero-order chi connectivity index (χ0) is 10.8. The molecule has 0 saturated carbocycles. The molecule has 1 heterocycles. The Hall–Kier alpha value is -0.800. The van der Waals surface area contributed by atoms with E-state index in [1.807, 2.05) is 19.2 Å². The molecule has 0 aliphatic carbocycles. The number of fused-ring (bicyclic) bond motifs is 1. The van der Waals surface area contributed by atoms with Crippen LogP contribution >= 0.6 is 15.9 Å². The van der Waals surface area contributed by atoms with Gasteiger partial charge < -0.3 is 9.73 Å². The summed E-state index contributed by atoms with van der Waals surface area (Å²) in [7, 11) is 1.96. The summed E-state index contributed by atoms with van der Waals surface area (Å²) in [5, 5.41) is 4.36. The second-order valence-electron chi connectivity index (χ2n) is 3.79. The number of hydrogen-bond donors (Lipinski definition) is 1. The Labute approximate surface area is 97.8 Å². The summed E-state index contributed by atoms with van der Waals surface area (Å²) in [6, 6.07) is 8.65. The maximum atomic E-state index is 5.75. The summed E-state index contributed by atoms with van der Waals surface area (Å²) in [6.45, 7) is 2.14. The van der Waals surface area contributed by atoms with E-state index in [-0.39, 0.29) is 0 Å². The van der Waals surface area contributed by atoms with Gasteiger partial charge in [-0.2, -0.15) is 0 Å². The second-order valence-corrected chi connectivity index (χ2v) is 4.70. The predicted octanol–water partition coefficient (Wildman–Crippen LogP) is 3.35. The number of benzene rings is 1. The van der Waals surface area contributed by atoms with Gasteiger partial charge in [-0.3, -0.25) is 0 Å². The van der Waals surface area contributed by atoms with Gasteiger partial charge in [-0.05, 0) is 38.2 Å². The van der Waals surface area contributed by atoms with Gasteiger partial charge in [0.25, 0.3) is 0 Å². The molecule has 1 aromatic carbocycles. The maximum absolute atomic E-state index is 5.75. The standard InChI is InChI=1S/C12H14BrNO/c1-8(14-2)5-11-6-9-3-4-10(13)7-12(9)15-11/h3-4,6-8,14H,5H2,1-2H3. The van der Waals surface area contributed by atoms with Crippen molar-refractivity contribution in [1.82, 2.24) is 5.32 Å². The molecule has 0 spiro atoms.